The summed E-state index contributed by atoms with van der Waals surface area (Å²) in [6.07, 6.45) is 2.74. The highest BCUT2D eigenvalue weighted by Crippen LogP contribution is 2.20. The van der Waals surface area contributed by atoms with E-state index in [2.05, 4.69) is 23.3 Å². The molecule has 1 aliphatic heterocycles. The summed E-state index contributed by atoms with van der Waals surface area (Å²) in [6.45, 7) is 3.36. The molecule has 19 heavy (non-hydrogen) atoms. The molecule has 1 aromatic carbocycles. The third kappa shape index (κ3) is 2.14. The van der Waals surface area contributed by atoms with Crippen LogP contribution in [0.1, 0.15) is 27.2 Å². The number of carbonyl (C=O) groups excluding carboxylic acids is 1. The lowest BCUT2D eigenvalue weighted by atomic mass is 9.99. The van der Waals surface area contributed by atoms with Crippen LogP contribution < -0.4 is 0 Å². The van der Waals surface area contributed by atoms with Gasteiger partial charge in [0.2, 0.25) is 0 Å². The standard InChI is InChI=1S/C15H17N3O/c1-11-14(10-17(2)16-11)15(19)18-8-7-12-5-3-4-6-13(12)9-18/h3-6,10H,7-9H2,1-2H3. The number of fused-ring (bicyclic) bond motifs is 1. The van der Waals surface area contributed by atoms with Gasteiger partial charge >= 0.3 is 0 Å². The zero-order valence-corrected chi connectivity index (χ0v) is 11.3. The molecule has 3 rings (SSSR count). The predicted octanol–water partition coefficient (Wildman–Crippen LogP) is 1.93. The van der Waals surface area contributed by atoms with E-state index in [1.165, 1.54) is 11.1 Å². The van der Waals surface area contributed by atoms with Crippen molar-refractivity contribution in [3.8, 4) is 0 Å². The van der Waals surface area contributed by atoms with Gasteiger partial charge in [-0.05, 0) is 24.5 Å². The Morgan fingerprint density at radius 2 is 2.00 bits per heavy atom. The van der Waals surface area contributed by atoms with Crippen molar-refractivity contribution in [2.75, 3.05) is 6.54 Å². The van der Waals surface area contributed by atoms with E-state index < -0.39 is 0 Å². The van der Waals surface area contributed by atoms with Crippen molar-refractivity contribution >= 4 is 5.91 Å². The molecule has 0 spiro atoms. The third-order valence-electron chi connectivity index (χ3n) is 3.66. The first-order chi connectivity index (χ1) is 9.15. The lowest BCUT2D eigenvalue weighted by Gasteiger charge is -2.28. The average Bonchev–Trinajstić information content (AvgIpc) is 2.76. The molecule has 2 heterocycles. The fraction of sp³-hybridized carbons (Fsp3) is 0.333. The molecule has 1 amide bonds. The van der Waals surface area contributed by atoms with Crippen LogP contribution in [0.5, 0.6) is 0 Å². The van der Waals surface area contributed by atoms with Crippen molar-refractivity contribution < 1.29 is 4.79 Å². The Morgan fingerprint density at radius 3 is 2.68 bits per heavy atom. The van der Waals surface area contributed by atoms with E-state index in [1.807, 2.05) is 24.9 Å². The maximum atomic E-state index is 12.5. The summed E-state index contributed by atoms with van der Waals surface area (Å²) >= 11 is 0. The summed E-state index contributed by atoms with van der Waals surface area (Å²) in [6, 6.07) is 8.33. The molecule has 0 fully saturated rings. The van der Waals surface area contributed by atoms with Crippen molar-refractivity contribution in [2.45, 2.75) is 19.9 Å². The van der Waals surface area contributed by atoms with Crippen molar-refractivity contribution in [1.82, 2.24) is 14.7 Å². The summed E-state index contributed by atoms with van der Waals surface area (Å²) in [7, 11) is 1.84. The Kier molecular flexibility index (Phi) is 2.85. The summed E-state index contributed by atoms with van der Waals surface area (Å²) in [5.41, 5.74) is 4.12. The second-order valence-corrected chi connectivity index (χ2v) is 5.05. The summed E-state index contributed by atoms with van der Waals surface area (Å²) < 4.78 is 1.69. The SMILES string of the molecule is Cc1nn(C)cc1C(=O)N1CCc2ccccc2C1. The quantitative estimate of drug-likeness (QED) is 0.781. The number of benzene rings is 1. The Morgan fingerprint density at radius 1 is 1.26 bits per heavy atom. The highest BCUT2D eigenvalue weighted by Gasteiger charge is 2.23. The molecule has 0 N–H and O–H groups in total. The highest BCUT2D eigenvalue weighted by atomic mass is 16.2. The van der Waals surface area contributed by atoms with E-state index in [1.54, 1.807) is 10.9 Å². The van der Waals surface area contributed by atoms with Gasteiger partial charge < -0.3 is 4.90 Å². The van der Waals surface area contributed by atoms with Gasteiger partial charge in [-0.25, -0.2) is 0 Å². The Balaban J connectivity index is 1.85. The molecule has 0 atom stereocenters. The summed E-state index contributed by atoms with van der Waals surface area (Å²) in [4.78, 5) is 14.4. The van der Waals surface area contributed by atoms with E-state index in [9.17, 15) is 4.79 Å². The minimum atomic E-state index is 0.0834. The number of nitrogens with zero attached hydrogens (tertiary/aromatic N) is 3. The molecule has 0 unspecified atom stereocenters. The first-order valence-electron chi connectivity index (χ1n) is 6.51. The number of aryl methyl sites for hydroxylation is 2. The van der Waals surface area contributed by atoms with E-state index in [4.69, 9.17) is 0 Å². The molecule has 0 saturated heterocycles. The fourth-order valence-corrected chi connectivity index (χ4v) is 2.65. The maximum Gasteiger partial charge on any atom is 0.257 e. The average molecular weight is 255 g/mol. The molecule has 1 aliphatic rings. The molecule has 98 valence electrons. The van der Waals surface area contributed by atoms with Crippen molar-refractivity contribution in [3.05, 3.63) is 52.8 Å². The van der Waals surface area contributed by atoms with Gasteiger partial charge in [0, 0.05) is 26.3 Å². The molecule has 1 aromatic heterocycles. The summed E-state index contributed by atoms with van der Waals surface area (Å²) in [5, 5.41) is 4.24. The topological polar surface area (TPSA) is 38.1 Å². The minimum Gasteiger partial charge on any atom is -0.334 e. The normalized spacial score (nSPS) is 14.3. The fourth-order valence-electron chi connectivity index (χ4n) is 2.65. The molecule has 0 saturated carbocycles. The van der Waals surface area contributed by atoms with Gasteiger partial charge in [-0.2, -0.15) is 5.10 Å². The molecule has 0 radical (unpaired) electrons. The van der Waals surface area contributed by atoms with Gasteiger partial charge in [0.25, 0.3) is 5.91 Å². The Labute approximate surface area is 112 Å². The number of aromatic nitrogens is 2. The predicted molar refractivity (Wildman–Crippen MR) is 72.8 cm³/mol. The number of amides is 1. The first kappa shape index (κ1) is 12.0. The van der Waals surface area contributed by atoms with Crippen molar-refractivity contribution in [1.29, 1.82) is 0 Å². The van der Waals surface area contributed by atoms with Gasteiger partial charge in [-0.1, -0.05) is 24.3 Å². The lowest BCUT2D eigenvalue weighted by Crippen LogP contribution is -2.36. The zero-order chi connectivity index (χ0) is 13.4. The van der Waals surface area contributed by atoms with Gasteiger partial charge in [0.15, 0.2) is 0 Å². The van der Waals surface area contributed by atoms with Gasteiger partial charge in [0.1, 0.15) is 0 Å². The molecular weight excluding hydrogens is 238 g/mol. The van der Waals surface area contributed by atoms with Crippen LogP contribution in [-0.4, -0.2) is 27.1 Å². The number of hydrogen-bond acceptors (Lipinski definition) is 2. The molecular formula is C15H17N3O. The van der Waals surface area contributed by atoms with E-state index in [0.29, 0.717) is 12.1 Å². The Hall–Kier alpha value is -2.10. The zero-order valence-electron chi connectivity index (χ0n) is 11.3. The summed E-state index contributed by atoms with van der Waals surface area (Å²) in [5.74, 6) is 0.0834. The molecule has 0 bridgehead atoms. The van der Waals surface area contributed by atoms with E-state index in [-0.39, 0.29) is 5.91 Å². The minimum absolute atomic E-state index is 0.0834. The van der Waals surface area contributed by atoms with Crippen LogP contribution in [0, 0.1) is 6.92 Å². The molecule has 4 heteroatoms. The molecule has 4 nitrogen and oxygen atoms in total. The van der Waals surface area contributed by atoms with E-state index in [0.717, 1.165) is 18.7 Å². The highest BCUT2D eigenvalue weighted by molar-refractivity contribution is 5.95. The molecule has 0 aliphatic carbocycles. The second kappa shape index (κ2) is 4.53. The van der Waals surface area contributed by atoms with Crippen molar-refractivity contribution in [3.63, 3.8) is 0 Å². The van der Waals surface area contributed by atoms with Crippen LogP contribution in [0.25, 0.3) is 0 Å². The van der Waals surface area contributed by atoms with Gasteiger partial charge in [-0.15, -0.1) is 0 Å². The molecule has 2 aromatic rings. The van der Waals surface area contributed by atoms with Gasteiger partial charge in [-0.3, -0.25) is 9.48 Å². The number of rotatable bonds is 1. The largest absolute Gasteiger partial charge is 0.334 e. The first-order valence-corrected chi connectivity index (χ1v) is 6.51. The van der Waals surface area contributed by atoms with Crippen LogP contribution in [0.2, 0.25) is 0 Å². The van der Waals surface area contributed by atoms with Crippen LogP contribution in [0.15, 0.2) is 30.5 Å². The monoisotopic (exact) mass is 255 g/mol. The smallest absolute Gasteiger partial charge is 0.257 e. The van der Waals surface area contributed by atoms with Crippen LogP contribution in [0.3, 0.4) is 0 Å². The maximum absolute atomic E-state index is 12.5. The lowest BCUT2D eigenvalue weighted by molar-refractivity contribution is 0.0734. The third-order valence-corrected chi connectivity index (χ3v) is 3.66. The second-order valence-electron chi connectivity index (χ2n) is 5.05. The van der Waals surface area contributed by atoms with E-state index >= 15 is 0 Å². The Bertz CT molecular complexity index is 630. The number of hydrogen-bond donors (Lipinski definition) is 0. The van der Waals surface area contributed by atoms with Crippen LogP contribution in [-0.2, 0) is 20.0 Å². The van der Waals surface area contributed by atoms with Gasteiger partial charge in [0.05, 0.1) is 11.3 Å². The van der Waals surface area contributed by atoms with Crippen LogP contribution >= 0.6 is 0 Å². The number of carbonyl (C=O) groups is 1. The van der Waals surface area contributed by atoms with Crippen LogP contribution in [0.4, 0.5) is 0 Å². The van der Waals surface area contributed by atoms with Crippen molar-refractivity contribution in [2.24, 2.45) is 7.05 Å².